The minimum absolute atomic E-state index is 0.0376. The number of nitrogens with one attached hydrogen (secondary N) is 1. The first-order valence-electron chi connectivity index (χ1n) is 4.96. The molecule has 0 spiro atoms. The van der Waals surface area contributed by atoms with Gasteiger partial charge in [0.15, 0.2) is 0 Å². The molecule has 0 bridgehead atoms. The van der Waals surface area contributed by atoms with Crippen LogP contribution in [0.15, 0.2) is 0 Å². The van der Waals surface area contributed by atoms with Crippen molar-refractivity contribution in [2.45, 2.75) is 33.2 Å². The van der Waals surface area contributed by atoms with Gasteiger partial charge >= 0.3 is 5.97 Å². The van der Waals surface area contributed by atoms with E-state index in [0.29, 0.717) is 5.92 Å². The topological polar surface area (TPSA) is 66.4 Å². The van der Waals surface area contributed by atoms with Crippen LogP contribution >= 0.6 is 0 Å². The van der Waals surface area contributed by atoms with E-state index in [1.165, 1.54) is 0 Å². The van der Waals surface area contributed by atoms with E-state index in [1.54, 1.807) is 13.8 Å². The van der Waals surface area contributed by atoms with Gasteiger partial charge < -0.3 is 10.4 Å². The fourth-order valence-corrected chi connectivity index (χ4v) is 1.46. The van der Waals surface area contributed by atoms with Gasteiger partial charge in [0.05, 0.1) is 0 Å². The highest BCUT2D eigenvalue weighted by atomic mass is 16.4. The summed E-state index contributed by atoms with van der Waals surface area (Å²) >= 11 is 0. The predicted octanol–water partition coefficient (Wildman–Crippen LogP) is 0.868. The third kappa shape index (κ3) is 2.47. The second-order valence-electron chi connectivity index (χ2n) is 4.39. The van der Waals surface area contributed by atoms with E-state index >= 15 is 0 Å². The van der Waals surface area contributed by atoms with Crippen LogP contribution in [0.2, 0.25) is 0 Å². The monoisotopic (exact) mass is 199 g/mol. The second kappa shape index (κ2) is 3.98. The van der Waals surface area contributed by atoms with E-state index < -0.39 is 12.0 Å². The maximum atomic E-state index is 11.5. The van der Waals surface area contributed by atoms with Crippen molar-refractivity contribution in [1.29, 1.82) is 0 Å². The molecule has 14 heavy (non-hydrogen) atoms. The molecule has 1 amide bonds. The van der Waals surface area contributed by atoms with Crippen LogP contribution in [0.1, 0.15) is 27.2 Å². The van der Waals surface area contributed by atoms with Crippen molar-refractivity contribution in [2.75, 3.05) is 0 Å². The molecule has 0 aromatic heterocycles. The molecule has 0 aliphatic heterocycles. The molecule has 1 fully saturated rings. The Hall–Kier alpha value is -1.06. The summed E-state index contributed by atoms with van der Waals surface area (Å²) in [6.45, 7) is 5.57. The lowest BCUT2D eigenvalue weighted by atomic mass is 10.0. The number of hydrogen-bond donors (Lipinski definition) is 2. The Morgan fingerprint density at radius 2 is 1.93 bits per heavy atom. The number of carbonyl (C=O) groups excluding carboxylic acids is 1. The van der Waals surface area contributed by atoms with Crippen LogP contribution in [0.3, 0.4) is 0 Å². The van der Waals surface area contributed by atoms with Crippen LogP contribution < -0.4 is 5.32 Å². The number of carbonyl (C=O) groups is 2. The largest absolute Gasteiger partial charge is 0.480 e. The maximum absolute atomic E-state index is 11.5. The SMILES string of the molecule is CC(C)C(NC(=O)C1CC1C)C(=O)O. The zero-order chi connectivity index (χ0) is 10.9. The molecule has 1 aliphatic rings. The van der Waals surface area contributed by atoms with E-state index in [1.807, 2.05) is 6.92 Å². The molecule has 4 nitrogen and oxygen atoms in total. The number of carboxylic acid groups (broad SMARTS) is 1. The highest BCUT2D eigenvalue weighted by molar-refractivity contribution is 5.86. The Labute approximate surface area is 83.7 Å². The van der Waals surface area contributed by atoms with E-state index in [4.69, 9.17) is 5.11 Å². The molecule has 80 valence electrons. The molecule has 0 aromatic carbocycles. The molecule has 4 heteroatoms. The van der Waals surface area contributed by atoms with E-state index in [2.05, 4.69) is 5.32 Å². The molecule has 1 saturated carbocycles. The summed E-state index contributed by atoms with van der Waals surface area (Å²) in [6.07, 6.45) is 0.885. The number of amides is 1. The quantitative estimate of drug-likeness (QED) is 0.706. The average Bonchev–Trinajstić information content (AvgIpc) is 2.76. The van der Waals surface area contributed by atoms with Crippen molar-refractivity contribution in [3.8, 4) is 0 Å². The summed E-state index contributed by atoms with van der Waals surface area (Å²) < 4.78 is 0. The summed E-state index contributed by atoms with van der Waals surface area (Å²) in [5.74, 6) is -0.696. The molecule has 3 unspecified atom stereocenters. The van der Waals surface area contributed by atoms with Crippen molar-refractivity contribution in [3.63, 3.8) is 0 Å². The molecule has 0 saturated heterocycles. The van der Waals surface area contributed by atoms with Crippen LogP contribution in [-0.2, 0) is 9.59 Å². The summed E-state index contributed by atoms with van der Waals surface area (Å²) in [7, 11) is 0. The molecular weight excluding hydrogens is 182 g/mol. The lowest BCUT2D eigenvalue weighted by Crippen LogP contribution is -2.45. The summed E-state index contributed by atoms with van der Waals surface area (Å²) in [4.78, 5) is 22.2. The Morgan fingerprint density at radius 1 is 1.43 bits per heavy atom. The first kappa shape index (κ1) is 11.0. The van der Waals surface area contributed by atoms with Crippen molar-refractivity contribution in [2.24, 2.45) is 17.8 Å². The molecule has 0 radical (unpaired) electrons. The van der Waals surface area contributed by atoms with Crippen molar-refractivity contribution < 1.29 is 14.7 Å². The van der Waals surface area contributed by atoms with Crippen LogP contribution in [0.25, 0.3) is 0 Å². The fraction of sp³-hybridized carbons (Fsp3) is 0.800. The molecule has 1 rings (SSSR count). The Morgan fingerprint density at radius 3 is 2.21 bits per heavy atom. The van der Waals surface area contributed by atoms with Gasteiger partial charge in [-0.3, -0.25) is 4.79 Å². The van der Waals surface area contributed by atoms with E-state index in [0.717, 1.165) is 6.42 Å². The second-order valence-corrected chi connectivity index (χ2v) is 4.39. The van der Waals surface area contributed by atoms with Gasteiger partial charge in [-0.05, 0) is 18.3 Å². The minimum atomic E-state index is -0.957. The fourth-order valence-electron chi connectivity index (χ4n) is 1.46. The third-order valence-corrected chi connectivity index (χ3v) is 2.68. The van der Waals surface area contributed by atoms with Gasteiger partial charge in [0.1, 0.15) is 6.04 Å². The highest BCUT2D eigenvalue weighted by Gasteiger charge is 2.40. The lowest BCUT2D eigenvalue weighted by Gasteiger charge is -2.17. The smallest absolute Gasteiger partial charge is 0.326 e. The highest BCUT2D eigenvalue weighted by Crippen LogP contribution is 2.37. The van der Waals surface area contributed by atoms with Crippen molar-refractivity contribution >= 4 is 11.9 Å². The van der Waals surface area contributed by atoms with Gasteiger partial charge in [-0.25, -0.2) is 4.79 Å². The van der Waals surface area contributed by atoms with Gasteiger partial charge in [-0.15, -0.1) is 0 Å². The minimum Gasteiger partial charge on any atom is -0.480 e. The zero-order valence-corrected chi connectivity index (χ0v) is 8.78. The maximum Gasteiger partial charge on any atom is 0.326 e. The number of aliphatic carboxylic acids is 1. The van der Waals surface area contributed by atoms with Crippen molar-refractivity contribution in [3.05, 3.63) is 0 Å². The summed E-state index contributed by atoms with van der Waals surface area (Å²) in [5, 5.41) is 11.4. The van der Waals surface area contributed by atoms with Crippen molar-refractivity contribution in [1.82, 2.24) is 5.32 Å². The number of rotatable bonds is 4. The van der Waals surface area contributed by atoms with E-state index in [9.17, 15) is 9.59 Å². The number of carboxylic acids is 1. The summed E-state index contributed by atoms with van der Waals surface area (Å²) in [6, 6.07) is -0.754. The van der Waals surface area contributed by atoms with Gasteiger partial charge in [-0.2, -0.15) is 0 Å². The molecule has 2 N–H and O–H groups in total. The van der Waals surface area contributed by atoms with E-state index in [-0.39, 0.29) is 17.7 Å². The molecule has 3 atom stereocenters. The Kier molecular flexibility index (Phi) is 3.13. The molecule has 0 aromatic rings. The molecule has 1 aliphatic carbocycles. The first-order chi connectivity index (χ1) is 6.43. The standard InChI is InChI=1S/C10H17NO3/c1-5(2)8(10(13)14)11-9(12)7-4-6(7)3/h5-8H,4H2,1-3H3,(H,11,12)(H,13,14). The number of hydrogen-bond acceptors (Lipinski definition) is 2. The third-order valence-electron chi connectivity index (χ3n) is 2.68. The lowest BCUT2D eigenvalue weighted by molar-refractivity contribution is -0.143. The van der Waals surface area contributed by atoms with Gasteiger partial charge in [0, 0.05) is 5.92 Å². The normalized spacial score (nSPS) is 27.1. The zero-order valence-electron chi connectivity index (χ0n) is 8.78. The molecule has 0 heterocycles. The Balaban J connectivity index is 2.47. The van der Waals surface area contributed by atoms with Gasteiger partial charge in [0.2, 0.25) is 5.91 Å². The van der Waals surface area contributed by atoms with Gasteiger partial charge in [-0.1, -0.05) is 20.8 Å². The van der Waals surface area contributed by atoms with Gasteiger partial charge in [0.25, 0.3) is 0 Å². The van der Waals surface area contributed by atoms with Crippen LogP contribution in [0.4, 0.5) is 0 Å². The first-order valence-corrected chi connectivity index (χ1v) is 4.96. The Bertz CT molecular complexity index is 250. The van der Waals surface area contributed by atoms with Crippen LogP contribution in [-0.4, -0.2) is 23.0 Å². The predicted molar refractivity (Wildman–Crippen MR) is 51.7 cm³/mol. The van der Waals surface area contributed by atoms with Crippen LogP contribution in [0, 0.1) is 17.8 Å². The summed E-state index contributed by atoms with van der Waals surface area (Å²) in [5.41, 5.74) is 0. The average molecular weight is 199 g/mol. The molecular formula is C10H17NO3. The van der Waals surface area contributed by atoms with Crippen LogP contribution in [0.5, 0.6) is 0 Å².